The van der Waals surface area contributed by atoms with Crippen molar-refractivity contribution in [2.45, 2.75) is 50.6 Å². The van der Waals surface area contributed by atoms with Crippen LogP contribution in [-0.4, -0.2) is 57.6 Å². The Morgan fingerprint density at radius 3 is 2.33 bits per heavy atom. The third kappa shape index (κ3) is 7.18. The first-order valence-corrected chi connectivity index (χ1v) is 13.0. The SMILES string of the molecule is CC[C@@H]1C[C@H](Nc2ncc(OCCO)c(Cc3cc(C(F)(F)F)cc(C(F)(F)F)c3)n2)c2nc(OC)ccc2N1C(=O)O. The van der Waals surface area contributed by atoms with Gasteiger partial charge in [0.05, 0.1) is 54.2 Å². The first kappa shape index (κ1) is 31.6. The molecule has 0 unspecified atom stereocenters. The second-order valence-electron chi connectivity index (χ2n) is 9.57. The van der Waals surface area contributed by atoms with E-state index in [1.165, 1.54) is 24.3 Å². The number of nitrogens with zero attached hydrogens (tertiary/aromatic N) is 4. The number of hydrogen-bond acceptors (Lipinski definition) is 8. The molecule has 1 aliphatic heterocycles. The van der Waals surface area contributed by atoms with Gasteiger partial charge in [0.2, 0.25) is 11.8 Å². The third-order valence-corrected chi connectivity index (χ3v) is 6.73. The maximum absolute atomic E-state index is 13.4. The predicted octanol–water partition coefficient (Wildman–Crippen LogP) is 5.70. The molecule has 2 aromatic heterocycles. The zero-order valence-electron chi connectivity index (χ0n) is 22.8. The lowest BCUT2D eigenvalue weighted by Crippen LogP contribution is -2.45. The molecule has 1 aromatic carbocycles. The highest BCUT2D eigenvalue weighted by atomic mass is 19.4. The number of pyridine rings is 1. The summed E-state index contributed by atoms with van der Waals surface area (Å²) in [7, 11) is 1.39. The van der Waals surface area contributed by atoms with Crippen molar-refractivity contribution < 1.29 is 50.8 Å². The highest BCUT2D eigenvalue weighted by Gasteiger charge is 2.38. The molecule has 0 radical (unpaired) electrons. The van der Waals surface area contributed by atoms with Crippen LogP contribution >= 0.6 is 0 Å². The van der Waals surface area contributed by atoms with Crippen molar-refractivity contribution in [1.29, 1.82) is 0 Å². The van der Waals surface area contributed by atoms with Gasteiger partial charge in [-0.25, -0.2) is 19.7 Å². The molecule has 3 aromatic rings. The van der Waals surface area contributed by atoms with Gasteiger partial charge in [0, 0.05) is 18.5 Å². The van der Waals surface area contributed by atoms with E-state index in [0.717, 1.165) is 0 Å². The summed E-state index contributed by atoms with van der Waals surface area (Å²) < 4.78 is 91.3. The molecule has 0 saturated carbocycles. The van der Waals surface area contributed by atoms with E-state index in [4.69, 9.17) is 9.47 Å². The zero-order valence-corrected chi connectivity index (χ0v) is 22.8. The molecule has 0 spiro atoms. The van der Waals surface area contributed by atoms with Crippen LogP contribution in [0.1, 0.15) is 53.9 Å². The summed E-state index contributed by atoms with van der Waals surface area (Å²) in [5, 5.41) is 22.1. The Balaban J connectivity index is 1.75. The summed E-state index contributed by atoms with van der Waals surface area (Å²) in [5.74, 6) is 0.0941. The van der Waals surface area contributed by atoms with Gasteiger partial charge in [0.1, 0.15) is 6.61 Å². The van der Waals surface area contributed by atoms with Crippen molar-refractivity contribution in [3.63, 3.8) is 0 Å². The fraction of sp³-hybridized carbons (Fsp3) is 0.407. The first-order valence-electron chi connectivity index (χ1n) is 13.0. The number of fused-ring (bicyclic) bond motifs is 1. The Bertz CT molecular complexity index is 1440. The molecule has 3 N–H and O–H groups in total. The number of halogens is 6. The van der Waals surface area contributed by atoms with E-state index in [2.05, 4.69) is 20.3 Å². The minimum Gasteiger partial charge on any atom is -0.488 e. The fourth-order valence-electron chi connectivity index (χ4n) is 4.79. The lowest BCUT2D eigenvalue weighted by molar-refractivity contribution is -0.143. The molecule has 16 heteroatoms. The van der Waals surface area contributed by atoms with E-state index in [1.807, 2.05) is 6.92 Å². The molecule has 43 heavy (non-hydrogen) atoms. The monoisotopic (exact) mass is 615 g/mol. The van der Waals surface area contributed by atoms with E-state index >= 15 is 0 Å². The molecule has 4 rings (SSSR count). The lowest BCUT2D eigenvalue weighted by atomic mass is 9.93. The number of ether oxygens (including phenoxy) is 2. The van der Waals surface area contributed by atoms with E-state index in [0.29, 0.717) is 29.9 Å². The number of anilines is 2. The Hall–Kier alpha value is -4.34. The average molecular weight is 616 g/mol. The Morgan fingerprint density at radius 2 is 1.77 bits per heavy atom. The summed E-state index contributed by atoms with van der Waals surface area (Å²) in [4.78, 5) is 26.2. The molecule has 0 aliphatic carbocycles. The second kappa shape index (κ2) is 12.5. The smallest absolute Gasteiger partial charge is 0.416 e. The molecule has 232 valence electrons. The Morgan fingerprint density at radius 1 is 1.09 bits per heavy atom. The van der Waals surface area contributed by atoms with Gasteiger partial charge >= 0.3 is 18.4 Å². The highest BCUT2D eigenvalue weighted by Crippen LogP contribution is 2.40. The number of rotatable bonds is 9. The summed E-state index contributed by atoms with van der Waals surface area (Å²) >= 11 is 0. The maximum Gasteiger partial charge on any atom is 0.416 e. The van der Waals surface area contributed by atoms with Gasteiger partial charge in [-0.05, 0) is 42.7 Å². The molecule has 0 saturated heterocycles. The maximum atomic E-state index is 13.4. The molecule has 1 amide bonds. The molecule has 0 fully saturated rings. The van der Waals surface area contributed by atoms with Crippen molar-refractivity contribution in [1.82, 2.24) is 15.0 Å². The summed E-state index contributed by atoms with van der Waals surface area (Å²) in [5.41, 5.74) is -2.73. The van der Waals surface area contributed by atoms with E-state index in [1.54, 1.807) is 6.07 Å². The van der Waals surface area contributed by atoms with Crippen molar-refractivity contribution in [2.24, 2.45) is 0 Å². The molecule has 0 bridgehead atoms. The van der Waals surface area contributed by atoms with Crippen LogP contribution in [0.15, 0.2) is 36.5 Å². The highest BCUT2D eigenvalue weighted by molar-refractivity contribution is 5.88. The number of alkyl halides is 6. The van der Waals surface area contributed by atoms with E-state index in [-0.39, 0.29) is 47.9 Å². The van der Waals surface area contributed by atoms with Gasteiger partial charge in [-0.1, -0.05) is 6.92 Å². The standard InChI is InChI=1S/C27H27F6N5O5/c1-3-17-12-19(23-20(38(17)25(40)41)4-5-22(37-23)42-2)36-24-34-13-21(43-7-6-39)18(35-24)10-14-8-15(26(28,29)30)11-16(9-14)27(31,32)33/h4-5,8-9,11,13,17,19,39H,3,6-7,10,12H2,1-2H3,(H,40,41)(H,34,35,36)/t17-,19+/m1/s1. The largest absolute Gasteiger partial charge is 0.488 e. The van der Waals surface area contributed by atoms with Gasteiger partial charge in [-0.2, -0.15) is 26.3 Å². The van der Waals surface area contributed by atoms with Gasteiger partial charge in [-0.15, -0.1) is 0 Å². The molecular weight excluding hydrogens is 588 g/mol. The predicted molar refractivity (Wildman–Crippen MR) is 140 cm³/mol. The van der Waals surface area contributed by atoms with Crippen molar-refractivity contribution in [3.05, 3.63) is 64.6 Å². The van der Waals surface area contributed by atoms with Crippen molar-refractivity contribution >= 4 is 17.7 Å². The minimum absolute atomic E-state index is 0.0337. The number of aliphatic hydroxyl groups is 1. The fourth-order valence-corrected chi connectivity index (χ4v) is 4.79. The number of nitrogens with one attached hydrogen (secondary N) is 1. The number of benzene rings is 1. The van der Waals surface area contributed by atoms with Gasteiger partial charge < -0.3 is 25.0 Å². The van der Waals surface area contributed by atoms with Crippen LogP contribution in [0.5, 0.6) is 11.6 Å². The third-order valence-electron chi connectivity index (χ3n) is 6.73. The second-order valence-corrected chi connectivity index (χ2v) is 9.57. The van der Waals surface area contributed by atoms with Crippen LogP contribution in [0.4, 0.5) is 42.8 Å². The number of methoxy groups -OCH3 is 1. The molecule has 10 nitrogen and oxygen atoms in total. The Kier molecular flexibility index (Phi) is 9.18. The van der Waals surface area contributed by atoms with Crippen LogP contribution in [0.2, 0.25) is 0 Å². The van der Waals surface area contributed by atoms with Crippen LogP contribution in [-0.2, 0) is 18.8 Å². The number of aliphatic hydroxyl groups excluding tert-OH is 1. The number of carbonyl (C=O) groups is 1. The normalized spacial score (nSPS) is 16.9. The van der Waals surface area contributed by atoms with Gasteiger partial charge in [-0.3, -0.25) is 4.90 Å². The van der Waals surface area contributed by atoms with Crippen molar-refractivity contribution in [2.75, 3.05) is 30.5 Å². The molecule has 3 heterocycles. The zero-order chi connectivity index (χ0) is 31.5. The number of amides is 1. The summed E-state index contributed by atoms with van der Waals surface area (Å²) in [6.45, 7) is 1.15. The molecule has 1 aliphatic rings. The quantitative estimate of drug-likeness (QED) is 0.260. The van der Waals surface area contributed by atoms with E-state index < -0.39 is 54.7 Å². The first-order chi connectivity index (χ1) is 20.2. The van der Waals surface area contributed by atoms with Crippen LogP contribution in [0, 0.1) is 0 Å². The summed E-state index contributed by atoms with van der Waals surface area (Å²) in [6.07, 6.45) is -9.88. The van der Waals surface area contributed by atoms with Gasteiger partial charge in [0.15, 0.2) is 5.75 Å². The minimum atomic E-state index is -5.04. The number of hydrogen-bond donors (Lipinski definition) is 3. The topological polar surface area (TPSA) is 130 Å². The molecule has 2 atom stereocenters. The lowest BCUT2D eigenvalue weighted by Gasteiger charge is -2.38. The summed E-state index contributed by atoms with van der Waals surface area (Å²) in [6, 6.07) is 3.18. The van der Waals surface area contributed by atoms with Crippen LogP contribution < -0.4 is 19.7 Å². The van der Waals surface area contributed by atoms with Gasteiger partial charge in [0.25, 0.3) is 0 Å². The average Bonchev–Trinajstić information content (AvgIpc) is 2.95. The number of aromatic nitrogens is 3. The Labute approximate surface area is 241 Å². The molecular formula is C27H27F6N5O5. The van der Waals surface area contributed by atoms with Crippen molar-refractivity contribution in [3.8, 4) is 11.6 Å². The van der Waals surface area contributed by atoms with Crippen LogP contribution in [0.3, 0.4) is 0 Å². The van der Waals surface area contributed by atoms with Crippen LogP contribution in [0.25, 0.3) is 0 Å². The number of carboxylic acid groups (broad SMARTS) is 1. The van der Waals surface area contributed by atoms with E-state index in [9.17, 15) is 41.4 Å².